The molecule has 0 amide bonds. The van der Waals surface area contributed by atoms with Gasteiger partial charge in [-0.2, -0.15) is 0 Å². The van der Waals surface area contributed by atoms with E-state index >= 15 is 0 Å². The molecule has 0 atom stereocenters. The lowest BCUT2D eigenvalue weighted by Crippen LogP contribution is -2.43. The first kappa shape index (κ1) is 12.4. The molecule has 3 aliphatic carbocycles. The Morgan fingerprint density at radius 3 is 2.00 bits per heavy atom. The zero-order valence-electron chi connectivity index (χ0n) is 13.3. The molecule has 2 bridgehead atoms. The maximum Gasteiger partial charge on any atom is 0.179 e. The molecule has 22 heavy (non-hydrogen) atoms. The summed E-state index contributed by atoms with van der Waals surface area (Å²) in [4.78, 5) is 0. The molecular formula is C21H20N+. The van der Waals surface area contributed by atoms with Gasteiger partial charge in [-0.25, -0.2) is 4.58 Å². The van der Waals surface area contributed by atoms with E-state index in [1.54, 1.807) is 5.57 Å². The molecule has 0 aromatic heterocycles. The van der Waals surface area contributed by atoms with Crippen molar-refractivity contribution in [2.75, 3.05) is 7.05 Å². The number of benzene rings is 2. The summed E-state index contributed by atoms with van der Waals surface area (Å²) in [6, 6.07) is 18.0. The molecule has 0 unspecified atom stereocenters. The van der Waals surface area contributed by atoms with Crippen LogP contribution in [0.1, 0.15) is 42.0 Å². The molecule has 0 radical (unpaired) electrons. The highest BCUT2D eigenvalue weighted by atomic mass is 15.1. The van der Waals surface area contributed by atoms with Gasteiger partial charge in [-0.15, -0.1) is 0 Å². The van der Waals surface area contributed by atoms with Crippen LogP contribution in [-0.2, 0) is 5.41 Å². The van der Waals surface area contributed by atoms with Crippen LogP contribution in [-0.4, -0.2) is 23.4 Å². The quantitative estimate of drug-likeness (QED) is 0.511. The van der Waals surface area contributed by atoms with Gasteiger partial charge in [0, 0.05) is 25.3 Å². The van der Waals surface area contributed by atoms with Crippen LogP contribution in [0.3, 0.4) is 0 Å². The van der Waals surface area contributed by atoms with Gasteiger partial charge in [0.1, 0.15) is 12.5 Å². The third-order valence-electron chi connectivity index (χ3n) is 6.13. The molecule has 1 heterocycles. The molecule has 2 aromatic rings. The van der Waals surface area contributed by atoms with Gasteiger partial charge in [0.25, 0.3) is 0 Å². The molecule has 1 heteroatoms. The van der Waals surface area contributed by atoms with Crippen LogP contribution in [0.2, 0.25) is 0 Å². The summed E-state index contributed by atoms with van der Waals surface area (Å²) < 4.78 is 2.40. The topological polar surface area (TPSA) is 3.01 Å². The second-order valence-electron chi connectivity index (χ2n) is 7.34. The summed E-state index contributed by atoms with van der Waals surface area (Å²) in [5.74, 6) is 0.406. The van der Waals surface area contributed by atoms with E-state index in [4.69, 9.17) is 0 Å². The molecule has 2 aromatic carbocycles. The maximum absolute atomic E-state index is 2.53. The van der Waals surface area contributed by atoms with Crippen molar-refractivity contribution in [3.63, 3.8) is 0 Å². The van der Waals surface area contributed by atoms with Gasteiger partial charge in [-0.3, -0.25) is 0 Å². The van der Waals surface area contributed by atoms with Gasteiger partial charge in [-0.1, -0.05) is 54.6 Å². The van der Waals surface area contributed by atoms with E-state index in [1.807, 2.05) is 0 Å². The number of allylic oxidation sites excluding steroid dienone is 1. The first-order valence-electron chi connectivity index (χ1n) is 8.07. The minimum Gasteiger partial charge on any atom is -0.232 e. The van der Waals surface area contributed by atoms with Crippen molar-refractivity contribution >= 4 is 6.21 Å². The molecule has 0 saturated carbocycles. The Morgan fingerprint density at radius 1 is 0.864 bits per heavy atom. The van der Waals surface area contributed by atoms with E-state index in [9.17, 15) is 0 Å². The first-order valence-corrected chi connectivity index (χ1v) is 8.07. The second kappa shape index (κ2) is 3.60. The van der Waals surface area contributed by atoms with Crippen LogP contribution >= 0.6 is 0 Å². The molecule has 0 saturated heterocycles. The van der Waals surface area contributed by atoms with E-state index in [2.05, 4.69) is 86.3 Å². The van der Waals surface area contributed by atoms with Crippen LogP contribution in [0, 0.1) is 0 Å². The number of hydrogen-bond donors (Lipinski definition) is 0. The zero-order valence-corrected chi connectivity index (χ0v) is 13.3. The fourth-order valence-corrected chi connectivity index (χ4v) is 4.87. The van der Waals surface area contributed by atoms with Crippen LogP contribution in [0.4, 0.5) is 0 Å². The summed E-state index contributed by atoms with van der Waals surface area (Å²) in [5.41, 5.74) is 7.46. The molecule has 6 rings (SSSR count). The molecule has 0 fully saturated rings. The number of nitrogens with zero attached hydrogens (tertiary/aromatic N) is 1. The van der Waals surface area contributed by atoms with Gasteiger partial charge >= 0.3 is 0 Å². The van der Waals surface area contributed by atoms with Crippen molar-refractivity contribution in [1.29, 1.82) is 0 Å². The Labute approximate surface area is 131 Å². The van der Waals surface area contributed by atoms with E-state index < -0.39 is 0 Å². The minimum absolute atomic E-state index is 0.0688. The average molecular weight is 286 g/mol. The van der Waals surface area contributed by atoms with Gasteiger partial charge in [0.2, 0.25) is 0 Å². The summed E-state index contributed by atoms with van der Waals surface area (Å²) in [5, 5.41) is 0. The summed E-state index contributed by atoms with van der Waals surface area (Å²) >= 11 is 0. The van der Waals surface area contributed by atoms with E-state index in [1.165, 1.54) is 22.3 Å². The van der Waals surface area contributed by atoms with Crippen LogP contribution in [0.25, 0.3) is 0 Å². The van der Waals surface area contributed by atoms with Gasteiger partial charge in [0.05, 0.1) is 0 Å². The number of rotatable bonds is 0. The molecule has 1 aliphatic heterocycles. The van der Waals surface area contributed by atoms with Crippen LogP contribution < -0.4 is 0 Å². The lowest BCUT2D eigenvalue weighted by atomic mass is 9.54. The van der Waals surface area contributed by atoms with Crippen LogP contribution in [0.15, 0.2) is 60.2 Å². The zero-order chi connectivity index (χ0) is 15.1. The normalized spacial score (nSPS) is 29.3. The van der Waals surface area contributed by atoms with Crippen molar-refractivity contribution in [3.05, 3.63) is 82.4 Å². The minimum atomic E-state index is -0.0693. The summed E-state index contributed by atoms with van der Waals surface area (Å²) in [6.07, 6.45) is 4.98. The summed E-state index contributed by atoms with van der Waals surface area (Å²) in [7, 11) is 2.21. The molecule has 1 nitrogen and oxygen atoms in total. The summed E-state index contributed by atoms with van der Waals surface area (Å²) in [6.45, 7) is 4.69. The second-order valence-corrected chi connectivity index (χ2v) is 7.34. The number of hydrogen-bond acceptors (Lipinski definition) is 0. The highest BCUT2D eigenvalue weighted by molar-refractivity contribution is 5.90. The first-order chi connectivity index (χ1) is 10.6. The largest absolute Gasteiger partial charge is 0.232 e. The predicted octanol–water partition coefficient (Wildman–Crippen LogP) is 3.86. The Morgan fingerprint density at radius 2 is 1.41 bits per heavy atom. The Balaban J connectivity index is 1.97. The highest BCUT2D eigenvalue weighted by Crippen LogP contribution is 2.59. The lowest BCUT2D eigenvalue weighted by molar-refractivity contribution is -0.552. The highest BCUT2D eigenvalue weighted by Gasteiger charge is 2.61. The van der Waals surface area contributed by atoms with Gasteiger partial charge < -0.3 is 0 Å². The molecule has 4 aliphatic rings. The third-order valence-corrected chi connectivity index (χ3v) is 6.13. The third kappa shape index (κ3) is 1.13. The smallest absolute Gasteiger partial charge is 0.179 e. The van der Waals surface area contributed by atoms with Crippen molar-refractivity contribution in [2.45, 2.75) is 30.7 Å². The maximum atomic E-state index is 2.53. The Hall–Kier alpha value is -2.15. The predicted molar refractivity (Wildman–Crippen MR) is 89.9 cm³/mol. The molecule has 108 valence electrons. The SMILES string of the molecule is C[N+]1=CC23C(=CC(c4ccccc42)c2ccccc23)C1(C)C. The van der Waals surface area contributed by atoms with Crippen molar-refractivity contribution in [2.24, 2.45) is 0 Å². The van der Waals surface area contributed by atoms with E-state index in [-0.39, 0.29) is 11.0 Å². The van der Waals surface area contributed by atoms with Crippen LogP contribution in [0.5, 0.6) is 0 Å². The van der Waals surface area contributed by atoms with Crippen molar-refractivity contribution in [1.82, 2.24) is 0 Å². The van der Waals surface area contributed by atoms with E-state index in [0.717, 1.165) is 0 Å². The Bertz CT molecular complexity index is 835. The van der Waals surface area contributed by atoms with Gasteiger partial charge in [-0.05, 0) is 22.3 Å². The molecular weight excluding hydrogens is 266 g/mol. The van der Waals surface area contributed by atoms with Gasteiger partial charge in [0.15, 0.2) is 11.8 Å². The number of likely N-dealkylation sites (N-methyl/N-ethyl adjacent to an activating group) is 1. The Kier molecular flexibility index (Phi) is 2.03. The standard InChI is InChI=1S/C21H20N/c1-20(2)19-12-16-14-8-4-6-10-17(14)21(19,13-22(20)3)18-11-7-5-9-15(16)18/h4-13,16H,1-3H3/q+1. The fraction of sp³-hybridized carbons (Fsp3) is 0.286. The van der Waals surface area contributed by atoms with E-state index in [0.29, 0.717) is 5.92 Å². The molecule has 1 spiro atoms. The fourth-order valence-electron chi connectivity index (χ4n) is 4.87. The molecule has 0 N–H and O–H groups in total. The average Bonchev–Trinajstić information content (AvgIpc) is 2.76. The lowest BCUT2D eigenvalue weighted by Gasteiger charge is -2.44. The van der Waals surface area contributed by atoms with Crippen molar-refractivity contribution < 1.29 is 4.58 Å². The van der Waals surface area contributed by atoms with Crippen molar-refractivity contribution in [3.8, 4) is 0 Å². The monoisotopic (exact) mass is 286 g/mol.